The highest BCUT2D eigenvalue weighted by atomic mass is 16.6. The van der Waals surface area contributed by atoms with Gasteiger partial charge in [0, 0.05) is 12.6 Å². The van der Waals surface area contributed by atoms with Gasteiger partial charge in [-0.05, 0) is 60.9 Å². The predicted molar refractivity (Wildman–Crippen MR) is 90.3 cm³/mol. The summed E-state index contributed by atoms with van der Waals surface area (Å²) in [7, 11) is 0. The second-order valence-corrected chi connectivity index (χ2v) is 7.51. The van der Waals surface area contributed by atoms with Crippen molar-refractivity contribution in [1.82, 2.24) is 10.6 Å². The van der Waals surface area contributed by atoms with Crippen LogP contribution in [0.3, 0.4) is 0 Å². The molecule has 4 N–H and O–H groups in total. The maximum atomic E-state index is 11.9. The monoisotopic (exact) mass is 331 g/mol. The van der Waals surface area contributed by atoms with Crippen LogP contribution >= 0.6 is 0 Å². The van der Waals surface area contributed by atoms with E-state index in [1.165, 1.54) is 0 Å². The summed E-state index contributed by atoms with van der Waals surface area (Å²) in [6.45, 7) is 11.7. The van der Waals surface area contributed by atoms with Crippen LogP contribution < -0.4 is 16.4 Å². The molecule has 1 atom stereocenters. The predicted octanol–water partition coefficient (Wildman–Crippen LogP) is 2.53. The number of rotatable bonds is 7. The molecule has 0 heterocycles. The molecule has 0 saturated carbocycles. The van der Waals surface area contributed by atoms with Crippen LogP contribution in [0, 0.1) is 0 Å². The molecule has 0 aromatic carbocycles. The molecule has 0 aliphatic heterocycles. The van der Waals surface area contributed by atoms with Crippen molar-refractivity contribution in [2.45, 2.75) is 78.0 Å². The molecule has 0 unspecified atom stereocenters. The molecule has 23 heavy (non-hydrogen) atoms. The highest BCUT2D eigenvalue weighted by molar-refractivity contribution is 5.69. The van der Waals surface area contributed by atoms with Gasteiger partial charge in [0.05, 0.1) is 0 Å². The number of amides is 2. The van der Waals surface area contributed by atoms with E-state index >= 15 is 0 Å². The fraction of sp³-hybridized carbons (Fsp3) is 0.875. The number of unbranched alkanes of at least 4 members (excludes halogenated alkanes) is 1. The molecular formula is C16H33N3O4. The van der Waals surface area contributed by atoms with Gasteiger partial charge in [-0.3, -0.25) is 0 Å². The van der Waals surface area contributed by atoms with Gasteiger partial charge >= 0.3 is 12.2 Å². The van der Waals surface area contributed by atoms with Crippen LogP contribution in [0.4, 0.5) is 9.59 Å². The summed E-state index contributed by atoms with van der Waals surface area (Å²) >= 11 is 0. The van der Waals surface area contributed by atoms with Gasteiger partial charge in [-0.1, -0.05) is 6.42 Å². The number of ether oxygens (including phenoxy) is 2. The van der Waals surface area contributed by atoms with Crippen molar-refractivity contribution in [2.24, 2.45) is 5.73 Å². The van der Waals surface area contributed by atoms with Crippen molar-refractivity contribution in [2.75, 3.05) is 13.1 Å². The molecule has 7 nitrogen and oxygen atoms in total. The first-order valence-corrected chi connectivity index (χ1v) is 8.09. The lowest BCUT2D eigenvalue weighted by atomic mass is 10.1. The number of nitrogens with two attached hydrogens (primary N) is 1. The Kier molecular flexibility index (Phi) is 8.97. The summed E-state index contributed by atoms with van der Waals surface area (Å²) < 4.78 is 10.4. The van der Waals surface area contributed by atoms with Crippen molar-refractivity contribution in [3.05, 3.63) is 0 Å². The smallest absolute Gasteiger partial charge is 0.407 e. The highest BCUT2D eigenvalue weighted by Gasteiger charge is 2.21. The van der Waals surface area contributed by atoms with Gasteiger partial charge < -0.3 is 25.8 Å². The Balaban J connectivity index is 4.44. The average Bonchev–Trinajstić information content (AvgIpc) is 2.31. The summed E-state index contributed by atoms with van der Waals surface area (Å²) in [5.74, 6) is 0. The Morgan fingerprint density at radius 1 is 0.957 bits per heavy atom. The Morgan fingerprint density at radius 2 is 1.48 bits per heavy atom. The number of nitrogens with one attached hydrogen (secondary N) is 2. The van der Waals surface area contributed by atoms with Crippen molar-refractivity contribution in [3.8, 4) is 0 Å². The number of hydrogen-bond acceptors (Lipinski definition) is 5. The van der Waals surface area contributed by atoms with Crippen LogP contribution in [0.25, 0.3) is 0 Å². The molecule has 136 valence electrons. The Hall–Kier alpha value is -1.50. The fourth-order valence-electron chi connectivity index (χ4n) is 1.76. The molecule has 0 aromatic rings. The van der Waals surface area contributed by atoms with Crippen LogP contribution in [0.1, 0.15) is 60.8 Å². The summed E-state index contributed by atoms with van der Waals surface area (Å²) in [6, 6.07) is -0.232. The molecule has 0 fully saturated rings. The van der Waals surface area contributed by atoms with Crippen molar-refractivity contribution in [1.29, 1.82) is 0 Å². The zero-order valence-corrected chi connectivity index (χ0v) is 15.3. The number of hydrogen-bond donors (Lipinski definition) is 3. The zero-order chi connectivity index (χ0) is 18.1. The topological polar surface area (TPSA) is 103 Å². The molecule has 0 radical (unpaired) electrons. The molecule has 0 saturated heterocycles. The highest BCUT2D eigenvalue weighted by Crippen LogP contribution is 2.09. The second kappa shape index (κ2) is 9.60. The lowest BCUT2D eigenvalue weighted by Gasteiger charge is -2.25. The van der Waals surface area contributed by atoms with E-state index in [0.717, 1.165) is 12.8 Å². The first-order valence-electron chi connectivity index (χ1n) is 8.09. The minimum Gasteiger partial charge on any atom is -0.444 e. The Labute approximate surface area is 139 Å². The molecule has 0 rings (SSSR count). The molecule has 0 aliphatic rings. The molecule has 7 heteroatoms. The molecule has 0 bridgehead atoms. The Morgan fingerprint density at radius 3 is 1.96 bits per heavy atom. The normalized spacial score (nSPS) is 13.2. The summed E-state index contributed by atoms with van der Waals surface area (Å²) in [5, 5.41) is 5.45. The SMILES string of the molecule is CC(C)(C)OC(=O)NC[C@H](CCCCN)NC(=O)OC(C)(C)C. The average molecular weight is 331 g/mol. The largest absolute Gasteiger partial charge is 0.444 e. The number of carbonyl (C=O) groups excluding carboxylic acids is 2. The molecule has 0 spiro atoms. The third kappa shape index (κ3) is 13.9. The minimum atomic E-state index is -0.565. The van der Waals surface area contributed by atoms with E-state index in [-0.39, 0.29) is 12.6 Å². The van der Waals surface area contributed by atoms with Crippen molar-refractivity contribution < 1.29 is 19.1 Å². The van der Waals surface area contributed by atoms with Crippen molar-refractivity contribution >= 4 is 12.2 Å². The van der Waals surface area contributed by atoms with Gasteiger partial charge in [0.1, 0.15) is 11.2 Å². The summed E-state index contributed by atoms with van der Waals surface area (Å²) in [4.78, 5) is 23.6. The molecule has 0 aliphatic carbocycles. The Bertz CT molecular complexity index is 373. The lowest BCUT2D eigenvalue weighted by Crippen LogP contribution is -2.46. The van der Waals surface area contributed by atoms with Crippen LogP contribution in [-0.4, -0.2) is 42.5 Å². The maximum Gasteiger partial charge on any atom is 0.407 e. The first kappa shape index (κ1) is 21.5. The van der Waals surface area contributed by atoms with Gasteiger partial charge in [0.2, 0.25) is 0 Å². The lowest BCUT2D eigenvalue weighted by molar-refractivity contribution is 0.0460. The molecular weight excluding hydrogens is 298 g/mol. The van der Waals surface area contributed by atoms with Crippen LogP contribution in [-0.2, 0) is 9.47 Å². The van der Waals surface area contributed by atoms with E-state index in [9.17, 15) is 9.59 Å². The van der Waals surface area contributed by atoms with Crippen LogP contribution in [0.5, 0.6) is 0 Å². The fourth-order valence-corrected chi connectivity index (χ4v) is 1.76. The van der Waals surface area contributed by atoms with Crippen LogP contribution in [0.2, 0.25) is 0 Å². The van der Waals surface area contributed by atoms with E-state index in [1.807, 2.05) is 0 Å². The van der Waals surface area contributed by atoms with Gasteiger partial charge in [0.25, 0.3) is 0 Å². The van der Waals surface area contributed by atoms with Gasteiger partial charge in [0.15, 0.2) is 0 Å². The number of alkyl carbamates (subject to hydrolysis) is 2. The standard InChI is InChI=1S/C16H33N3O4/c1-15(2,3)22-13(20)18-11-12(9-7-8-10-17)19-14(21)23-16(4,5)6/h12H,7-11,17H2,1-6H3,(H,18,20)(H,19,21)/t12-/m0/s1. The zero-order valence-electron chi connectivity index (χ0n) is 15.3. The summed E-state index contributed by atoms with van der Waals surface area (Å²) in [5.41, 5.74) is 4.37. The van der Waals surface area contributed by atoms with Gasteiger partial charge in [-0.25, -0.2) is 9.59 Å². The maximum absolute atomic E-state index is 11.9. The van der Waals surface area contributed by atoms with Crippen LogP contribution in [0.15, 0.2) is 0 Å². The third-order valence-electron chi connectivity index (χ3n) is 2.62. The van der Waals surface area contributed by atoms with E-state index < -0.39 is 23.4 Å². The third-order valence-corrected chi connectivity index (χ3v) is 2.62. The van der Waals surface area contributed by atoms with E-state index in [1.54, 1.807) is 41.5 Å². The molecule has 0 aromatic heterocycles. The van der Waals surface area contributed by atoms with E-state index in [2.05, 4.69) is 10.6 Å². The molecule has 2 amide bonds. The minimum absolute atomic E-state index is 0.232. The summed E-state index contributed by atoms with van der Waals surface area (Å²) in [6.07, 6.45) is 1.41. The van der Waals surface area contributed by atoms with Gasteiger partial charge in [-0.2, -0.15) is 0 Å². The second-order valence-electron chi connectivity index (χ2n) is 7.51. The first-order chi connectivity index (χ1) is 10.4. The number of carbonyl (C=O) groups is 2. The van der Waals surface area contributed by atoms with E-state index in [0.29, 0.717) is 13.0 Å². The van der Waals surface area contributed by atoms with Crippen molar-refractivity contribution in [3.63, 3.8) is 0 Å². The van der Waals surface area contributed by atoms with Gasteiger partial charge in [-0.15, -0.1) is 0 Å². The quantitative estimate of drug-likeness (QED) is 0.622. The van der Waals surface area contributed by atoms with E-state index in [4.69, 9.17) is 15.2 Å².